The van der Waals surface area contributed by atoms with Gasteiger partial charge in [-0.25, -0.2) is 14.2 Å². The second-order valence-electron chi connectivity index (χ2n) is 5.97. The molecule has 3 rings (SSSR count). The molecule has 1 aliphatic rings. The Hall–Kier alpha value is -3.03. The maximum Gasteiger partial charge on any atom is 0.345 e. The lowest BCUT2D eigenvalue weighted by atomic mass is 9.87. The Bertz CT molecular complexity index is 856. The summed E-state index contributed by atoms with van der Waals surface area (Å²) in [6.45, 7) is 1.73. The number of rotatable bonds is 5. The molecule has 1 atom stereocenters. The molecule has 1 heterocycles. The Balaban J connectivity index is 1.99. The summed E-state index contributed by atoms with van der Waals surface area (Å²) in [5.41, 5.74) is 1.16. The van der Waals surface area contributed by atoms with Gasteiger partial charge in [0.1, 0.15) is 11.4 Å². The van der Waals surface area contributed by atoms with E-state index < -0.39 is 16.6 Å². The van der Waals surface area contributed by atoms with Crippen molar-refractivity contribution >= 4 is 17.5 Å². The van der Waals surface area contributed by atoms with Crippen LogP contribution in [0.3, 0.4) is 0 Å². The molecule has 1 unspecified atom stereocenters. The van der Waals surface area contributed by atoms with Crippen molar-refractivity contribution in [1.82, 2.24) is 4.98 Å². The number of esters is 1. The molecule has 8 heteroatoms. The number of benzene rings is 1. The highest BCUT2D eigenvalue weighted by atomic mass is 19.1. The third-order valence-corrected chi connectivity index (χ3v) is 4.34. The molecule has 0 amide bonds. The van der Waals surface area contributed by atoms with Crippen molar-refractivity contribution in [2.24, 2.45) is 0 Å². The molecule has 1 N–H and O–H groups in total. The number of carbonyl (C=O) groups is 1. The van der Waals surface area contributed by atoms with Crippen LogP contribution in [-0.4, -0.2) is 22.5 Å². The average molecular weight is 359 g/mol. The Morgan fingerprint density at radius 1 is 1.46 bits per heavy atom. The van der Waals surface area contributed by atoms with E-state index in [0.29, 0.717) is 6.42 Å². The first-order valence-corrected chi connectivity index (χ1v) is 8.36. The van der Waals surface area contributed by atoms with E-state index in [1.54, 1.807) is 13.0 Å². The largest absolute Gasteiger partial charge is 0.462 e. The number of aromatic nitrogens is 1. The van der Waals surface area contributed by atoms with Crippen molar-refractivity contribution in [1.29, 1.82) is 0 Å². The van der Waals surface area contributed by atoms with Gasteiger partial charge < -0.3 is 10.1 Å². The maximum atomic E-state index is 13.7. The van der Waals surface area contributed by atoms with Gasteiger partial charge in [-0.15, -0.1) is 0 Å². The van der Waals surface area contributed by atoms with E-state index in [4.69, 9.17) is 4.74 Å². The van der Waals surface area contributed by atoms with Crippen molar-refractivity contribution in [3.05, 3.63) is 63.1 Å². The second-order valence-corrected chi connectivity index (χ2v) is 5.97. The van der Waals surface area contributed by atoms with Crippen LogP contribution in [0.25, 0.3) is 0 Å². The van der Waals surface area contributed by atoms with Gasteiger partial charge in [0.05, 0.1) is 17.6 Å². The number of pyridine rings is 1. The molecule has 1 aromatic heterocycles. The van der Waals surface area contributed by atoms with Crippen LogP contribution in [0.4, 0.5) is 15.9 Å². The number of nitrogens with zero attached hydrogens (tertiary/aromatic N) is 2. The van der Waals surface area contributed by atoms with E-state index >= 15 is 0 Å². The summed E-state index contributed by atoms with van der Waals surface area (Å²) in [6, 6.07) is 5.51. The fourth-order valence-electron chi connectivity index (χ4n) is 3.20. The number of nitrogens with one attached hydrogen (secondary N) is 1. The lowest BCUT2D eigenvalue weighted by molar-refractivity contribution is -0.384. The van der Waals surface area contributed by atoms with Crippen LogP contribution in [0.15, 0.2) is 30.5 Å². The SMILES string of the molecule is CCOC(=O)c1ccnc(NC2CCCc3ccc(F)cc32)c1[N+](=O)[O-]. The second kappa shape index (κ2) is 7.47. The molecule has 136 valence electrons. The third kappa shape index (κ3) is 3.49. The minimum absolute atomic E-state index is 0.0253. The minimum Gasteiger partial charge on any atom is -0.462 e. The molecule has 0 aliphatic heterocycles. The average Bonchev–Trinajstić information content (AvgIpc) is 2.62. The van der Waals surface area contributed by atoms with Gasteiger partial charge in [0.15, 0.2) is 0 Å². The monoisotopic (exact) mass is 359 g/mol. The van der Waals surface area contributed by atoms with Gasteiger partial charge >= 0.3 is 11.7 Å². The third-order valence-electron chi connectivity index (χ3n) is 4.34. The predicted molar refractivity (Wildman–Crippen MR) is 92.5 cm³/mol. The quantitative estimate of drug-likeness (QED) is 0.496. The lowest BCUT2D eigenvalue weighted by Crippen LogP contribution is -2.20. The van der Waals surface area contributed by atoms with Crippen LogP contribution in [-0.2, 0) is 11.2 Å². The van der Waals surface area contributed by atoms with Crippen molar-refractivity contribution in [2.45, 2.75) is 32.2 Å². The normalized spacial score (nSPS) is 15.8. The standard InChI is InChI=1S/C18H18FN3O4/c1-2-26-18(23)13-8-9-20-17(16(13)22(24)25)21-15-5-3-4-11-6-7-12(19)10-14(11)15/h6-10,15H,2-5H2,1H3,(H,20,21). The first-order valence-electron chi connectivity index (χ1n) is 8.36. The molecular weight excluding hydrogens is 341 g/mol. The first kappa shape index (κ1) is 17.8. The maximum absolute atomic E-state index is 13.7. The van der Waals surface area contributed by atoms with Crippen molar-refractivity contribution in [3.8, 4) is 0 Å². The van der Waals surface area contributed by atoms with Gasteiger partial charge in [-0.3, -0.25) is 10.1 Å². The van der Waals surface area contributed by atoms with Gasteiger partial charge in [0.25, 0.3) is 0 Å². The molecule has 0 fully saturated rings. The Kier molecular flexibility index (Phi) is 5.11. The number of hydrogen-bond acceptors (Lipinski definition) is 6. The summed E-state index contributed by atoms with van der Waals surface area (Å²) >= 11 is 0. The number of hydrogen-bond donors (Lipinski definition) is 1. The van der Waals surface area contributed by atoms with E-state index in [2.05, 4.69) is 10.3 Å². The minimum atomic E-state index is -0.778. The van der Waals surface area contributed by atoms with Gasteiger partial charge in [0.2, 0.25) is 5.82 Å². The van der Waals surface area contributed by atoms with Gasteiger partial charge in [-0.2, -0.15) is 0 Å². The Labute approximate surface area is 149 Å². The summed E-state index contributed by atoms with van der Waals surface area (Å²) in [7, 11) is 0. The zero-order chi connectivity index (χ0) is 18.7. The topological polar surface area (TPSA) is 94.4 Å². The molecule has 0 saturated carbocycles. The van der Waals surface area contributed by atoms with E-state index in [0.717, 1.165) is 24.0 Å². The summed E-state index contributed by atoms with van der Waals surface area (Å²) in [5, 5.41) is 14.6. The van der Waals surface area contributed by atoms with Crippen molar-refractivity contribution < 1.29 is 18.8 Å². The first-order chi connectivity index (χ1) is 12.5. The lowest BCUT2D eigenvalue weighted by Gasteiger charge is -2.26. The molecule has 0 radical (unpaired) electrons. The van der Waals surface area contributed by atoms with E-state index in [1.165, 1.54) is 24.4 Å². The zero-order valence-corrected chi connectivity index (χ0v) is 14.2. The molecule has 7 nitrogen and oxygen atoms in total. The fourth-order valence-corrected chi connectivity index (χ4v) is 3.20. The van der Waals surface area contributed by atoms with E-state index in [1.807, 2.05) is 0 Å². The molecule has 1 aliphatic carbocycles. The molecule has 0 spiro atoms. The summed E-state index contributed by atoms with van der Waals surface area (Å²) < 4.78 is 18.5. The summed E-state index contributed by atoms with van der Waals surface area (Å²) in [4.78, 5) is 27.0. The Morgan fingerprint density at radius 2 is 2.27 bits per heavy atom. The summed E-state index contributed by atoms with van der Waals surface area (Å²) in [5.74, 6) is -1.16. The van der Waals surface area contributed by atoms with Crippen molar-refractivity contribution in [3.63, 3.8) is 0 Å². The van der Waals surface area contributed by atoms with Gasteiger partial charge in [0, 0.05) is 6.20 Å². The van der Waals surface area contributed by atoms with Gasteiger partial charge in [-0.05, 0) is 55.5 Å². The highest BCUT2D eigenvalue weighted by Crippen LogP contribution is 2.36. The number of halogens is 1. The summed E-state index contributed by atoms with van der Waals surface area (Å²) in [6.07, 6.45) is 3.68. The number of nitro groups is 1. The van der Waals surface area contributed by atoms with Crippen LogP contribution in [0.2, 0.25) is 0 Å². The molecule has 2 aromatic rings. The van der Waals surface area contributed by atoms with E-state index in [9.17, 15) is 19.3 Å². The van der Waals surface area contributed by atoms with Crippen LogP contribution in [0, 0.1) is 15.9 Å². The highest BCUT2D eigenvalue weighted by Gasteiger charge is 2.29. The van der Waals surface area contributed by atoms with Crippen LogP contribution in [0.1, 0.15) is 47.3 Å². The molecule has 0 saturated heterocycles. The van der Waals surface area contributed by atoms with Crippen LogP contribution in [0.5, 0.6) is 0 Å². The predicted octanol–water partition coefficient (Wildman–Crippen LogP) is 3.80. The van der Waals surface area contributed by atoms with Crippen molar-refractivity contribution in [2.75, 3.05) is 11.9 Å². The number of carbonyl (C=O) groups excluding carboxylic acids is 1. The number of fused-ring (bicyclic) bond motifs is 1. The molecule has 1 aromatic carbocycles. The van der Waals surface area contributed by atoms with Crippen LogP contribution < -0.4 is 5.32 Å². The van der Waals surface area contributed by atoms with Gasteiger partial charge in [-0.1, -0.05) is 6.07 Å². The number of anilines is 1. The molecular formula is C18H18FN3O4. The molecule has 26 heavy (non-hydrogen) atoms. The molecule has 0 bridgehead atoms. The highest BCUT2D eigenvalue weighted by molar-refractivity contribution is 5.96. The smallest absolute Gasteiger partial charge is 0.345 e. The number of aryl methyl sites for hydroxylation is 1. The number of ether oxygens (including phenoxy) is 1. The fraction of sp³-hybridized carbons (Fsp3) is 0.333. The van der Waals surface area contributed by atoms with E-state index in [-0.39, 0.29) is 29.8 Å². The zero-order valence-electron chi connectivity index (χ0n) is 14.2. The van der Waals surface area contributed by atoms with Crippen LogP contribution >= 0.6 is 0 Å². The Morgan fingerprint density at radius 3 is 3.00 bits per heavy atom.